The van der Waals surface area contributed by atoms with Crippen molar-refractivity contribution in [3.05, 3.63) is 30.1 Å². The first kappa shape index (κ1) is 12.2. The van der Waals surface area contributed by atoms with Gasteiger partial charge in [-0.1, -0.05) is 6.92 Å². The Labute approximate surface area is 105 Å². The molecule has 0 spiro atoms. The molecule has 0 aliphatic heterocycles. The molecule has 0 unspecified atom stereocenters. The third kappa shape index (κ3) is 2.37. The van der Waals surface area contributed by atoms with Crippen LogP contribution >= 0.6 is 0 Å². The Balaban J connectivity index is 2.22. The molecule has 0 saturated carbocycles. The fraction of sp³-hybridized carbons (Fsp3) is 0.333. The lowest BCUT2D eigenvalue weighted by atomic mass is 10.4. The van der Waals surface area contributed by atoms with Crippen LogP contribution in [-0.2, 0) is 4.79 Å². The van der Waals surface area contributed by atoms with Gasteiger partial charge in [-0.3, -0.25) is 9.36 Å². The molecule has 6 nitrogen and oxygen atoms in total. The number of hydrogen-bond donors (Lipinski definition) is 1. The number of carbonyl (C=O) groups is 1. The highest BCUT2D eigenvalue weighted by Crippen LogP contribution is 2.11. The number of hydrogen-bond acceptors (Lipinski definition) is 4. The van der Waals surface area contributed by atoms with Gasteiger partial charge in [0.2, 0.25) is 11.9 Å². The van der Waals surface area contributed by atoms with E-state index in [-0.39, 0.29) is 5.91 Å². The summed E-state index contributed by atoms with van der Waals surface area (Å²) in [5.41, 5.74) is 2.54. The van der Waals surface area contributed by atoms with E-state index in [1.54, 1.807) is 30.2 Å². The van der Waals surface area contributed by atoms with Crippen LogP contribution in [0.25, 0.3) is 5.95 Å². The summed E-state index contributed by atoms with van der Waals surface area (Å²) in [4.78, 5) is 23.8. The van der Waals surface area contributed by atoms with Crippen molar-refractivity contribution >= 4 is 11.6 Å². The summed E-state index contributed by atoms with van der Waals surface area (Å²) < 4.78 is 1.81. The van der Waals surface area contributed by atoms with Gasteiger partial charge in [-0.15, -0.1) is 0 Å². The highest BCUT2D eigenvalue weighted by molar-refractivity contribution is 5.90. The largest absolute Gasteiger partial charge is 0.323 e. The molecular formula is C12H15N5O. The van der Waals surface area contributed by atoms with Gasteiger partial charge in [0.15, 0.2) is 0 Å². The molecule has 0 saturated heterocycles. The normalized spacial score (nSPS) is 10.4. The molecule has 1 amide bonds. The Morgan fingerprint density at radius 1 is 1.28 bits per heavy atom. The molecule has 2 aromatic heterocycles. The highest BCUT2D eigenvalue weighted by atomic mass is 16.1. The van der Waals surface area contributed by atoms with Crippen molar-refractivity contribution in [2.45, 2.75) is 27.2 Å². The van der Waals surface area contributed by atoms with Gasteiger partial charge >= 0.3 is 0 Å². The lowest BCUT2D eigenvalue weighted by Crippen LogP contribution is -2.11. The van der Waals surface area contributed by atoms with Crippen molar-refractivity contribution in [2.75, 3.05) is 5.32 Å². The quantitative estimate of drug-likeness (QED) is 0.892. The minimum absolute atomic E-state index is 0.0546. The third-order valence-electron chi connectivity index (χ3n) is 2.71. The van der Waals surface area contributed by atoms with Crippen molar-refractivity contribution in [1.82, 2.24) is 19.5 Å². The second-order valence-corrected chi connectivity index (χ2v) is 3.96. The molecule has 0 fully saturated rings. The van der Waals surface area contributed by atoms with Crippen LogP contribution in [0.3, 0.4) is 0 Å². The lowest BCUT2D eigenvalue weighted by molar-refractivity contribution is -0.115. The van der Waals surface area contributed by atoms with Crippen molar-refractivity contribution in [3.8, 4) is 5.95 Å². The number of aromatic nitrogens is 4. The molecule has 2 heterocycles. The summed E-state index contributed by atoms with van der Waals surface area (Å²) in [5, 5.41) is 2.70. The van der Waals surface area contributed by atoms with E-state index in [4.69, 9.17) is 0 Å². The summed E-state index contributed by atoms with van der Waals surface area (Å²) in [7, 11) is 0. The molecular weight excluding hydrogens is 230 g/mol. The van der Waals surface area contributed by atoms with Crippen molar-refractivity contribution in [3.63, 3.8) is 0 Å². The minimum Gasteiger partial charge on any atom is -0.323 e. The minimum atomic E-state index is -0.0546. The van der Waals surface area contributed by atoms with Crippen LogP contribution in [0, 0.1) is 13.8 Å². The van der Waals surface area contributed by atoms with Crippen molar-refractivity contribution < 1.29 is 4.79 Å². The van der Waals surface area contributed by atoms with Crippen molar-refractivity contribution in [2.24, 2.45) is 0 Å². The van der Waals surface area contributed by atoms with Crippen LogP contribution in [0.1, 0.15) is 24.7 Å². The fourth-order valence-electron chi connectivity index (χ4n) is 1.46. The summed E-state index contributed by atoms with van der Waals surface area (Å²) in [6.45, 7) is 5.68. The average molecular weight is 245 g/mol. The predicted octanol–water partition coefficient (Wildman–Crippen LogP) is 1.63. The second kappa shape index (κ2) is 4.95. The van der Waals surface area contributed by atoms with E-state index in [1.807, 2.05) is 13.8 Å². The van der Waals surface area contributed by atoms with Gasteiger partial charge < -0.3 is 5.32 Å². The zero-order valence-corrected chi connectivity index (χ0v) is 10.6. The number of nitrogens with one attached hydrogen (secondary N) is 1. The number of carbonyl (C=O) groups excluding carboxylic acids is 1. The van der Waals surface area contributed by atoms with E-state index in [1.165, 1.54) is 0 Å². The molecule has 18 heavy (non-hydrogen) atoms. The van der Waals surface area contributed by atoms with Crippen LogP contribution in [-0.4, -0.2) is 25.4 Å². The zero-order valence-electron chi connectivity index (χ0n) is 10.6. The van der Waals surface area contributed by atoms with Crippen LogP contribution in [0.15, 0.2) is 18.7 Å². The molecule has 0 bridgehead atoms. The SMILES string of the molecule is CCC(=O)Nc1cnc(-n2cnc(C)c2C)nc1. The molecule has 0 aliphatic rings. The van der Waals surface area contributed by atoms with Gasteiger partial charge in [0, 0.05) is 12.1 Å². The van der Waals surface area contributed by atoms with E-state index >= 15 is 0 Å². The fourth-order valence-corrected chi connectivity index (χ4v) is 1.46. The monoisotopic (exact) mass is 245 g/mol. The Morgan fingerprint density at radius 3 is 2.44 bits per heavy atom. The first-order valence-electron chi connectivity index (χ1n) is 5.74. The smallest absolute Gasteiger partial charge is 0.235 e. The van der Waals surface area contributed by atoms with E-state index in [2.05, 4.69) is 20.3 Å². The molecule has 0 radical (unpaired) electrons. The molecule has 0 aromatic carbocycles. The lowest BCUT2D eigenvalue weighted by Gasteiger charge is -2.05. The number of imidazole rings is 1. The maximum atomic E-state index is 11.2. The number of rotatable bonds is 3. The summed E-state index contributed by atoms with van der Waals surface area (Å²) in [5.74, 6) is 0.489. The van der Waals surface area contributed by atoms with Gasteiger partial charge in [0.1, 0.15) is 6.33 Å². The molecule has 2 rings (SSSR count). The first-order chi connectivity index (χ1) is 8.61. The van der Waals surface area contributed by atoms with Gasteiger partial charge in [-0.05, 0) is 13.8 Å². The topological polar surface area (TPSA) is 72.7 Å². The molecule has 1 N–H and O–H groups in total. The predicted molar refractivity (Wildman–Crippen MR) is 67.5 cm³/mol. The maximum absolute atomic E-state index is 11.2. The zero-order chi connectivity index (χ0) is 13.1. The summed E-state index contributed by atoms with van der Waals surface area (Å²) in [6, 6.07) is 0. The van der Waals surface area contributed by atoms with Gasteiger partial charge in [0.05, 0.1) is 23.8 Å². The number of aryl methyl sites for hydroxylation is 1. The van der Waals surface area contributed by atoms with Crippen LogP contribution in [0.4, 0.5) is 5.69 Å². The standard InChI is InChI=1S/C12H15N5O/c1-4-11(18)16-10-5-13-12(14-6-10)17-7-15-8(2)9(17)3/h5-7H,4H2,1-3H3,(H,16,18). The molecule has 0 aliphatic carbocycles. The maximum Gasteiger partial charge on any atom is 0.235 e. The highest BCUT2D eigenvalue weighted by Gasteiger charge is 2.07. The van der Waals surface area contributed by atoms with Crippen LogP contribution < -0.4 is 5.32 Å². The van der Waals surface area contributed by atoms with E-state index in [0.29, 0.717) is 18.1 Å². The average Bonchev–Trinajstić information content (AvgIpc) is 2.71. The molecule has 94 valence electrons. The number of amides is 1. The summed E-state index contributed by atoms with van der Waals surface area (Å²) >= 11 is 0. The molecule has 6 heteroatoms. The van der Waals surface area contributed by atoms with E-state index in [9.17, 15) is 4.79 Å². The Kier molecular flexibility index (Phi) is 3.36. The van der Waals surface area contributed by atoms with Gasteiger partial charge in [0.25, 0.3) is 0 Å². The van der Waals surface area contributed by atoms with Gasteiger partial charge in [-0.25, -0.2) is 15.0 Å². The number of anilines is 1. The second-order valence-electron chi connectivity index (χ2n) is 3.96. The number of nitrogens with zero attached hydrogens (tertiary/aromatic N) is 4. The van der Waals surface area contributed by atoms with Crippen LogP contribution in [0.5, 0.6) is 0 Å². The summed E-state index contributed by atoms with van der Waals surface area (Å²) in [6.07, 6.45) is 5.29. The Morgan fingerprint density at radius 2 is 1.94 bits per heavy atom. The third-order valence-corrected chi connectivity index (χ3v) is 2.71. The first-order valence-corrected chi connectivity index (χ1v) is 5.74. The van der Waals surface area contributed by atoms with Gasteiger partial charge in [-0.2, -0.15) is 0 Å². The van der Waals surface area contributed by atoms with E-state index in [0.717, 1.165) is 11.4 Å². The van der Waals surface area contributed by atoms with Crippen LogP contribution in [0.2, 0.25) is 0 Å². The molecule has 2 aromatic rings. The Hall–Kier alpha value is -2.24. The Bertz CT molecular complexity index is 558. The molecule has 0 atom stereocenters. The van der Waals surface area contributed by atoms with Crippen molar-refractivity contribution in [1.29, 1.82) is 0 Å². The van der Waals surface area contributed by atoms with E-state index < -0.39 is 0 Å².